The zero-order valence-corrected chi connectivity index (χ0v) is 18.0. The van der Waals surface area contributed by atoms with Gasteiger partial charge in [-0.2, -0.15) is 5.10 Å². The van der Waals surface area contributed by atoms with E-state index in [1.54, 1.807) is 0 Å². The highest BCUT2D eigenvalue weighted by Gasteiger charge is 2.21. The molecular weight excluding hydrogens is 364 g/mol. The van der Waals surface area contributed by atoms with Gasteiger partial charge in [0.1, 0.15) is 5.75 Å². The molecule has 0 fully saturated rings. The van der Waals surface area contributed by atoms with Crippen molar-refractivity contribution in [2.75, 3.05) is 19.7 Å². The smallest absolute Gasteiger partial charge is 0.228 e. The molecule has 0 aliphatic heterocycles. The summed E-state index contributed by atoms with van der Waals surface area (Å²) in [7, 11) is 0. The number of carbonyl (C=O) groups is 1. The second-order valence-corrected chi connectivity index (χ2v) is 7.23. The van der Waals surface area contributed by atoms with Crippen LogP contribution in [0.5, 0.6) is 5.75 Å². The second-order valence-electron chi connectivity index (χ2n) is 7.23. The largest absolute Gasteiger partial charge is 0.494 e. The first-order valence-electron chi connectivity index (χ1n) is 10.3. The van der Waals surface area contributed by atoms with Gasteiger partial charge < -0.3 is 9.64 Å². The number of amides is 1. The quantitative estimate of drug-likeness (QED) is 0.574. The molecule has 2 aromatic heterocycles. The van der Waals surface area contributed by atoms with E-state index >= 15 is 0 Å². The summed E-state index contributed by atoms with van der Waals surface area (Å²) in [5.74, 6) is 0.923. The predicted octanol–water partition coefficient (Wildman–Crippen LogP) is 4.21. The molecule has 2 heterocycles. The van der Waals surface area contributed by atoms with Gasteiger partial charge in [0.15, 0.2) is 5.65 Å². The molecule has 3 rings (SSSR count). The second kappa shape index (κ2) is 9.07. The van der Waals surface area contributed by atoms with Crippen LogP contribution >= 0.6 is 0 Å². The molecule has 154 valence electrons. The van der Waals surface area contributed by atoms with E-state index in [0.29, 0.717) is 19.7 Å². The maximum atomic E-state index is 12.9. The molecule has 3 aromatic rings. The summed E-state index contributed by atoms with van der Waals surface area (Å²) in [5.41, 5.74) is 5.32. The number of hydrogen-bond acceptors (Lipinski definition) is 4. The van der Waals surface area contributed by atoms with Crippen molar-refractivity contribution in [2.45, 2.75) is 47.5 Å². The lowest BCUT2D eigenvalue weighted by Gasteiger charge is -2.18. The van der Waals surface area contributed by atoms with E-state index in [4.69, 9.17) is 9.72 Å². The average Bonchev–Trinajstić information content (AvgIpc) is 3.06. The van der Waals surface area contributed by atoms with Gasteiger partial charge >= 0.3 is 0 Å². The molecule has 6 heteroatoms. The maximum Gasteiger partial charge on any atom is 0.228 e. The lowest BCUT2D eigenvalue weighted by molar-refractivity contribution is -0.130. The number of benzene rings is 1. The molecule has 29 heavy (non-hydrogen) atoms. The van der Waals surface area contributed by atoms with Crippen LogP contribution in [0.15, 0.2) is 30.3 Å². The Morgan fingerprint density at radius 3 is 2.41 bits per heavy atom. The summed E-state index contributed by atoms with van der Waals surface area (Å²) < 4.78 is 7.53. The van der Waals surface area contributed by atoms with Crippen LogP contribution < -0.4 is 4.74 Å². The van der Waals surface area contributed by atoms with Crippen LogP contribution in [0.3, 0.4) is 0 Å². The molecule has 0 aliphatic carbocycles. The molecule has 0 spiro atoms. The van der Waals surface area contributed by atoms with Crippen molar-refractivity contribution in [3.05, 3.63) is 47.3 Å². The minimum Gasteiger partial charge on any atom is -0.494 e. The van der Waals surface area contributed by atoms with E-state index in [0.717, 1.165) is 46.0 Å². The van der Waals surface area contributed by atoms with Crippen LogP contribution in [-0.4, -0.2) is 45.1 Å². The van der Waals surface area contributed by atoms with Gasteiger partial charge in [-0.25, -0.2) is 9.50 Å². The van der Waals surface area contributed by atoms with Crippen LogP contribution in [-0.2, 0) is 11.2 Å². The molecule has 0 saturated heterocycles. The fourth-order valence-corrected chi connectivity index (χ4v) is 3.52. The lowest BCUT2D eigenvalue weighted by Crippen LogP contribution is -2.32. The number of likely N-dealkylation sites (N-methyl/N-ethyl adjacent to an activating group) is 1. The van der Waals surface area contributed by atoms with Gasteiger partial charge in [-0.05, 0) is 70.0 Å². The van der Waals surface area contributed by atoms with E-state index < -0.39 is 0 Å². The first-order valence-corrected chi connectivity index (χ1v) is 10.3. The Labute approximate surface area is 172 Å². The van der Waals surface area contributed by atoms with Gasteiger partial charge in [0, 0.05) is 18.7 Å². The van der Waals surface area contributed by atoms with E-state index in [1.165, 1.54) is 0 Å². The SMILES string of the molecule is CCCOc1ccc(-c2nc3c(C)cc(C)nn3c2CC(=O)N(CC)CC)cc1. The predicted molar refractivity (Wildman–Crippen MR) is 115 cm³/mol. The molecule has 1 aromatic carbocycles. The monoisotopic (exact) mass is 394 g/mol. The average molecular weight is 395 g/mol. The zero-order valence-electron chi connectivity index (χ0n) is 18.0. The van der Waals surface area contributed by atoms with Crippen LogP contribution in [0.4, 0.5) is 0 Å². The molecule has 6 nitrogen and oxygen atoms in total. The maximum absolute atomic E-state index is 12.9. The molecule has 0 unspecified atom stereocenters. The minimum atomic E-state index is 0.0851. The van der Waals surface area contributed by atoms with Crippen molar-refractivity contribution in [1.29, 1.82) is 0 Å². The van der Waals surface area contributed by atoms with Crippen molar-refractivity contribution in [3.63, 3.8) is 0 Å². The van der Waals surface area contributed by atoms with Crippen LogP contribution in [0, 0.1) is 13.8 Å². The van der Waals surface area contributed by atoms with Crippen LogP contribution in [0.25, 0.3) is 16.9 Å². The van der Waals surface area contributed by atoms with E-state index in [-0.39, 0.29) is 12.3 Å². The van der Waals surface area contributed by atoms with Gasteiger partial charge in [0.05, 0.1) is 30.1 Å². The van der Waals surface area contributed by atoms with Gasteiger partial charge in [-0.15, -0.1) is 0 Å². The molecule has 1 amide bonds. The molecule has 0 radical (unpaired) electrons. The summed E-state index contributed by atoms with van der Waals surface area (Å²) in [6, 6.07) is 9.93. The van der Waals surface area contributed by atoms with Gasteiger partial charge in [0.2, 0.25) is 5.91 Å². The Kier molecular flexibility index (Phi) is 6.52. The van der Waals surface area contributed by atoms with Gasteiger partial charge in [-0.3, -0.25) is 4.79 Å². The normalized spacial score (nSPS) is 11.1. The van der Waals surface area contributed by atoms with Gasteiger partial charge in [0.25, 0.3) is 0 Å². The van der Waals surface area contributed by atoms with Crippen molar-refractivity contribution in [1.82, 2.24) is 19.5 Å². The first-order chi connectivity index (χ1) is 14.0. The third-order valence-electron chi connectivity index (χ3n) is 5.02. The molecule has 0 saturated carbocycles. The summed E-state index contributed by atoms with van der Waals surface area (Å²) in [6.45, 7) is 12.1. The van der Waals surface area contributed by atoms with E-state index in [9.17, 15) is 4.79 Å². The topological polar surface area (TPSA) is 59.7 Å². The number of ether oxygens (including phenoxy) is 1. The van der Waals surface area contributed by atoms with E-state index in [1.807, 2.05) is 67.4 Å². The highest BCUT2D eigenvalue weighted by molar-refractivity contribution is 5.81. The molecular formula is C23H30N4O2. The Morgan fingerprint density at radius 1 is 1.10 bits per heavy atom. The number of imidazole rings is 1. The third kappa shape index (κ3) is 4.42. The number of rotatable bonds is 8. The Balaban J connectivity index is 2.08. The van der Waals surface area contributed by atoms with Crippen molar-refractivity contribution in [3.8, 4) is 17.0 Å². The number of fused-ring (bicyclic) bond motifs is 1. The number of aryl methyl sites for hydroxylation is 2. The summed E-state index contributed by atoms with van der Waals surface area (Å²) in [4.78, 5) is 19.6. The fraction of sp³-hybridized carbons (Fsp3) is 0.435. The van der Waals surface area contributed by atoms with Crippen molar-refractivity contribution >= 4 is 11.6 Å². The van der Waals surface area contributed by atoms with Crippen LogP contribution in [0.1, 0.15) is 44.1 Å². The summed E-state index contributed by atoms with van der Waals surface area (Å²) >= 11 is 0. The first kappa shape index (κ1) is 20.8. The highest BCUT2D eigenvalue weighted by Crippen LogP contribution is 2.28. The van der Waals surface area contributed by atoms with Crippen LogP contribution in [0.2, 0.25) is 0 Å². The molecule has 0 N–H and O–H groups in total. The van der Waals surface area contributed by atoms with Gasteiger partial charge in [-0.1, -0.05) is 6.92 Å². The minimum absolute atomic E-state index is 0.0851. The number of hydrogen-bond donors (Lipinski definition) is 0. The Morgan fingerprint density at radius 2 is 1.79 bits per heavy atom. The number of carbonyl (C=O) groups excluding carboxylic acids is 1. The Hall–Kier alpha value is -2.89. The number of nitrogens with zero attached hydrogens (tertiary/aromatic N) is 4. The third-order valence-corrected chi connectivity index (χ3v) is 5.02. The van der Waals surface area contributed by atoms with Crippen molar-refractivity contribution < 1.29 is 9.53 Å². The van der Waals surface area contributed by atoms with Crippen molar-refractivity contribution in [2.24, 2.45) is 0 Å². The number of aromatic nitrogens is 3. The highest BCUT2D eigenvalue weighted by atomic mass is 16.5. The summed E-state index contributed by atoms with van der Waals surface area (Å²) in [5, 5.41) is 4.66. The molecule has 0 atom stereocenters. The molecule has 0 aliphatic rings. The standard InChI is InChI=1S/C23H30N4O2/c1-6-13-29-19-11-9-18(10-12-19)22-20(15-21(28)26(7-2)8-3)27-23(24-22)16(4)14-17(5)25-27/h9-12,14H,6-8,13,15H2,1-5H3. The Bertz CT molecular complexity index is 988. The fourth-order valence-electron chi connectivity index (χ4n) is 3.52. The van der Waals surface area contributed by atoms with E-state index in [2.05, 4.69) is 12.0 Å². The molecule has 0 bridgehead atoms. The zero-order chi connectivity index (χ0) is 21.0. The lowest BCUT2D eigenvalue weighted by atomic mass is 10.1. The summed E-state index contributed by atoms with van der Waals surface area (Å²) in [6.07, 6.45) is 1.23.